The summed E-state index contributed by atoms with van der Waals surface area (Å²) in [5.41, 5.74) is 5.66. The Labute approximate surface area is 86.0 Å². The molecule has 1 unspecified atom stereocenters. The van der Waals surface area contributed by atoms with Crippen LogP contribution in [0.25, 0.3) is 0 Å². The monoisotopic (exact) mass is 199 g/mol. The molecule has 82 valence electrons. The van der Waals surface area contributed by atoms with E-state index in [9.17, 15) is 4.79 Å². The van der Waals surface area contributed by atoms with Crippen molar-refractivity contribution in [3.63, 3.8) is 0 Å². The second-order valence-electron chi connectivity index (χ2n) is 4.15. The van der Waals surface area contributed by atoms with Crippen LogP contribution in [0.3, 0.4) is 0 Å². The molecule has 1 aliphatic carbocycles. The summed E-state index contributed by atoms with van der Waals surface area (Å²) in [7, 11) is 0. The van der Waals surface area contributed by atoms with Gasteiger partial charge in [0.2, 0.25) is 0 Å². The summed E-state index contributed by atoms with van der Waals surface area (Å²) in [5, 5.41) is 0. The fourth-order valence-electron chi connectivity index (χ4n) is 1.38. The molecule has 2 N–H and O–H groups in total. The lowest BCUT2D eigenvalue weighted by molar-refractivity contribution is -0.145. The minimum absolute atomic E-state index is 0.223. The van der Waals surface area contributed by atoms with Gasteiger partial charge in [-0.15, -0.1) is 0 Å². The molecule has 1 aliphatic rings. The van der Waals surface area contributed by atoms with Crippen molar-refractivity contribution < 1.29 is 9.53 Å². The van der Waals surface area contributed by atoms with E-state index in [0.717, 1.165) is 31.6 Å². The highest BCUT2D eigenvalue weighted by Gasteiger charge is 2.22. The first-order chi connectivity index (χ1) is 6.74. The lowest BCUT2D eigenvalue weighted by Crippen LogP contribution is -2.32. The first-order valence-corrected chi connectivity index (χ1v) is 5.66. The summed E-state index contributed by atoms with van der Waals surface area (Å²) in [6.07, 6.45) is 6.45. The number of nitrogens with two attached hydrogens (primary N) is 1. The Morgan fingerprint density at radius 2 is 2.29 bits per heavy atom. The number of unbranched alkanes of at least 4 members (excludes halogenated alkanes) is 1. The van der Waals surface area contributed by atoms with Crippen LogP contribution in [0.5, 0.6) is 0 Å². The molecule has 0 aliphatic heterocycles. The zero-order chi connectivity index (χ0) is 10.4. The van der Waals surface area contributed by atoms with Gasteiger partial charge >= 0.3 is 5.97 Å². The summed E-state index contributed by atoms with van der Waals surface area (Å²) in [6, 6.07) is -0.408. The number of esters is 1. The van der Waals surface area contributed by atoms with Crippen molar-refractivity contribution in [2.45, 2.75) is 51.5 Å². The highest BCUT2D eigenvalue weighted by atomic mass is 16.5. The third-order valence-corrected chi connectivity index (χ3v) is 2.64. The van der Waals surface area contributed by atoms with E-state index in [0.29, 0.717) is 6.61 Å². The lowest BCUT2D eigenvalue weighted by Gasteiger charge is -2.10. The minimum atomic E-state index is -0.408. The molecule has 1 atom stereocenters. The number of hydrogen-bond acceptors (Lipinski definition) is 3. The molecule has 1 rings (SSSR count). The standard InChI is InChI=1S/C11H21NO2/c1-2-3-4-10(12)11(13)14-8-7-9-5-6-9/h9-10H,2-8,12H2,1H3. The number of ether oxygens (including phenoxy) is 1. The Balaban J connectivity index is 2.00. The van der Waals surface area contributed by atoms with Crippen LogP contribution < -0.4 is 5.73 Å². The van der Waals surface area contributed by atoms with E-state index >= 15 is 0 Å². The molecule has 0 heterocycles. The van der Waals surface area contributed by atoms with Gasteiger partial charge in [0.25, 0.3) is 0 Å². The van der Waals surface area contributed by atoms with E-state index in [-0.39, 0.29) is 5.97 Å². The maximum Gasteiger partial charge on any atom is 0.322 e. The predicted molar refractivity (Wildman–Crippen MR) is 55.8 cm³/mol. The molecule has 1 fully saturated rings. The van der Waals surface area contributed by atoms with Crippen LogP contribution in [-0.4, -0.2) is 18.6 Å². The molecule has 0 aromatic carbocycles. The van der Waals surface area contributed by atoms with Gasteiger partial charge < -0.3 is 10.5 Å². The Bertz CT molecular complexity index is 178. The molecule has 14 heavy (non-hydrogen) atoms. The smallest absolute Gasteiger partial charge is 0.322 e. The van der Waals surface area contributed by atoms with Gasteiger partial charge in [0.05, 0.1) is 6.61 Å². The highest BCUT2D eigenvalue weighted by Crippen LogP contribution is 2.32. The second-order valence-corrected chi connectivity index (χ2v) is 4.15. The van der Waals surface area contributed by atoms with E-state index in [1.54, 1.807) is 0 Å². The topological polar surface area (TPSA) is 52.3 Å². The molecule has 0 aromatic heterocycles. The second kappa shape index (κ2) is 6.02. The van der Waals surface area contributed by atoms with Crippen molar-refractivity contribution in [3.05, 3.63) is 0 Å². The summed E-state index contributed by atoms with van der Waals surface area (Å²) >= 11 is 0. The van der Waals surface area contributed by atoms with Gasteiger partial charge in [-0.05, 0) is 18.8 Å². The lowest BCUT2D eigenvalue weighted by atomic mass is 10.1. The maximum atomic E-state index is 11.3. The van der Waals surface area contributed by atoms with Gasteiger partial charge in [-0.1, -0.05) is 32.6 Å². The highest BCUT2D eigenvalue weighted by molar-refractivity contribution is 5.75. The summed E-state index contributed by atoms with van der Waals surface area (Å²) in [5.74, 6) is 0.591. The van der Waals surface area contributed by atoms with Crippen LogP contribution in [0.1, 0.15) is 45.4 Å². The molecular weight excluding hydrogens is 178 g/mol. The molecule has 0 saturated heterocycles. The van der Waals surface area contributed by atoms with Crippen molar-refractivity contribution in [1.82, 2.24) is 0 Å². The van der Waals surface area contributed by atoms with Gasteiger partial charge in [-0.2, -0.15) is 0 Å². The molecule has 3 nitrogen and oxygen atoms in total. The van der Waals surface area contributed by atoms with Crippen molar-refractivity contribution in [2.75, 3.05) is 6.61 Å². The van der Waals surface area contributed by atoms with E-state index in [1.165, 1.54) is 12.8 Å². The van der Waals surface area contributed by atoms with Gasteiger partial charge in [0.15, 0.2) is 0 Å². The molecule has 0 radical (unpaired) electrons. The molecule has 0 aromatic rings. The Morgan fingerprint density at radius 3 is 2.86 bits per heavy atom. The van der Waals surface area contributed by atoms with Gasteiger partial charge in [-0.3, -0.25) is 4.79 Å². The largest absolute Gasteiger partial charge is 0.465 e. The van der Waals surface area contributed by atoms with E-state index in [4.69, 9.17) is 10.5 Å². The molecule has 0 amide bonds. The van der Waals surface area contributed by atoms with E-state index in [2.05, 4.69) is 6.92 Å². The van der Waals surface area contributed by atoms with Crippen LogP contribution in [-0.2, 0) is 9.53 Å². The Kier molecular flexibility index (Phi) is 4.94. The molecule has 1 saturated carbocycles. The zero-order valence-corrected chi connectivity index (χ0v) is 9.00. The minimum Gasteiger partial charge on any atom is -0.465 e. The normalized spacial score (nSPS) is 17.9. The van der Waals surface area contributed by atoms with Crippen molar-refractivity contribution >= 4 is 5.97 Å². The number of rotatable bonds is 7. The predicted octanol–water partition coefficient (Wildman–Crippen LogP) is 1.85. The van der Waals surface area contributed by atoms with Crippen molar-refractivity contribution in [2.24, 2.45) is 11.7 Å². The SMILES string of the molecule is CCCCC(N)C(=O)OCCC1CC1. The van der Waals surface area contributed by atoms with Gasteiger partial charge in [-0.25, -0.2) is 0 Å². The van der Waals surface area contributed by atoms with Crippen molar-refractivity contribution in [1.29, 1.82) is 0 Å². The molecule has 0 spiro atoms. The Morgan fingerprint density at radius 1 is 1.57 bits per heavy atom. The van der Waals surface area contributed by atoms with Crippen molar-refractivity contribution in [3.8, 4) is 0 Å². The van der Waals surface area contributed by atoms with Crippen LogP contribution in [0, 0.1) is 5.92 Å². The maximum absolute atomic E-state index is 11.3. The van der Waals surface area contributed by atoms with Crippen LogP contribution in [0.2, 0.25) is 0 Å². The number of carbonyl (C=O) groups is 1. The third kappa shape index (κ3) is 4.61. The fourth-order valence-corrected chi connectivity index (χ4v) is 1.38. The summed E-state index contributed by atoms with van der Waals surface area (Å²) in [4.78, 5) is 11.3. The van der Waals surface area contributed by atoms with E-state index < -0.39 is 6.04 Å². The first-order valence-electron chi connectivity index (χ1n) is 5.66. The molecule has 0 bridgehead atoms. The average Bonchev–Trinajstić information content (AvgIpc) is 2.97. The third-order valence-electron chi connectivity index (χ3n) is 2.64. The summed E-state index contributed by atoms with van der Waals surface area (Å²) in [6.45, 7) is 2.65. The number of hydrogen-bond donors (Lipinski definition) is 1. The van der Waals surface area contributed by atoms with Gasteiger partial charge in [0, 0.05) is 0 Å². The first kappa shape index (κ1) is 11.5. The Hall–Kier alpha value is -0.570. The van der Waals surface area contributed by atoms with Crippen LogP contribution in [0.4, 0.5) is 0 Å². The van der Waals surface area contributed by atoms with Gasteiger partial charge in [0.1, 0.15) is 6.04 Å². The average molecular weight is 199 g/mol. The molecular formula is C11H21NO2. The van der Waals surface area contributed by atoms with E-state index in [1.807, 2.05) is 0 Å². The fraction of sp³-hybridized carbons (Fsp3) is 0.909. The zero-order valence-electron chi connectivity index (χ0n) is 9.00. The quantitative estimate of drug-likeness (QED) is 0.637. The summed E-state index contributed by atoms with van der Waals surface area (Å²) < 4.78 is 5.09. The molecule has 3 heteroatoms. The van der Waals surface area contributed by atoms with Crippen LogP contribution >= 0.6 is 0 Å². The number of carbonyl (C=O) groups excluding carboxylic acids is 1. The van der Waals surface area contributed by atoms with Crippen LogP contribution in [0.15, 0.2) is 0 Å².